The Hall–Kier alpha value is -3.95. The molecule has 1 heterocycles. The highest BCUT2D eigenvalue weighted by Gasteiger charge is 2.54. The van der Waals surface area contributed by atoms with Gasteiger partial charge in [-0.3, -0.25) is 24.0 Å². The van der Waals surface area contributed by atoms with E-state index in [1.54, 1.807) is 34.6 Å². The van der Waals surface area contributed by atoms with Gasteiger partial charge in [0, 0.05) is 27.7 Å². The van der Waals surface area contributed by atoms with E-state index >= 15 is 0 Å². The van der Waals surface area contributed by atoms with Crippen LogP contribution in [0.5, 0.6) is 0 Å². The number of alkyl carbamates (subject to hydrolysis) is 1. The number of rotatable bonds is 12. The van der Waals surface area contributed by atoms with E-state index in [-0.39, 0.29) is 12.3 Å². The van der Waals surface area contributed by atoms with Gasteiger partial charge < -0.3 is 43.8 Å². The molecule has 1 aliphatic heterocycles. The second kappa shape index (κ2) is 16.8. The minimum Gasteiger partial charge on any atom is -0.463 e. The summed E-state index contributed by atoms with van der Waals surface area (Å²) in [6, 6.07) is -2.24. The summed E-state index contributed by atoms with van der Waals surface area (Å²) in [5.41, 5.74) is -0.792. The van der Waals surface area contributed by atoms with Gasteiger partial charge in [0.1, 0.15) is 30.4 Å². The van der Waals surface area contributed by atoms with Crippen LogP contribution in [-0.4, -0.2) is 96.8 Å². The lowest BCUT2D eigenvalue weighted by Crippen LogP contribution is -2.63. The first kappa shape index (κ1) is 38.1. The molecule has 16 heteroatoms. The van der Waals surface area contributed by atoms with Crippen LogP contribution in [0.4, 0.5) is 4.79 Å². The fourth-order valence-electron chi connectivity index (χ4n) is 4.03. The third kappa shape index (κ3) is 13.6. The van der Waals surface area contributed by atoms with Gasteiger partial charge in [0.2, 0.25) is 18.3 Å². The smallest absolute Gasteiger partial charge is 0.410 e. The summed E-state index contributed by atoms with van der Waals surface area (Å²) in [5, 5.41) is 4.90. The summed E-state index contributed by atoms with van der Waals surface area (Å²) in [7, 11) is 0. The molecule has 250 valence electrons. The molecule has 0 aliphatic carbocycles. The molecule has 1 aliphatic rings. The highest BCUT2D eigenvalue weighted by atomic mass is 16.8. The first-order valence-corrected chi connectivity index (χ1v) is 14.0. The molecule has 2 amide bonds. The van der Waals surface area contributed by atoms with Crippen LogP contribution in [-0.2, 0) is 61.9 Å². The lowest BCUT2D eigenvalue weighted by atomic mass is 9.98. The number of ether oxygens (including phenoxy) is 7. The van der Waals surface area contributed by atoms with Gasteiger partial charge >= 0.3 is 35.9 Å². The Morgan fingerprint density at radius 3 is 1.73 bits per heavy atom. The van der Waals surface area contributed by atoms with Gasteiger partial charge in [-0.15, -0.1) is 0 Å². The van der Waals surface area contributed by atoms with Gasteiger partial charge in [-0.2, -0.15) is 0 Å². The molecule has 0 aromatic heterocycles. The Bertz CT molecular complexity index is 1070. The third-order valence-corrected chi connectivity index (χ3v) is 5.61. The van der Waals surface area contributed by atoms with Crippen molar-refractivity contribution in [1.29, 1.82) is 0 Å². The van der Waals surface area contributed by atoms with Crippen LogP contribution in [0.15, 0.2) is 0 Å². The van der Waals surface area contributed by atoms with Gasteiger partial charge in [0.05, 0.1) is 0 Å². The van der Waals surface area contributed by atoms with Crippen LogP contribution in [0.2, 0.25) is 0 Å². The number of carbonyl (C=O) groups excluding carboxylic acids is 7. The average Bonchev–Trinajstić information content (AvgIpc) is 2.83. The average molecular weight is 633 g/mol. The molecule has 1 fully saturated rings. The molecule has 1 saturated heterocycles. The summed E-state index contributed by atoms with van der Waals surface area (Å²) in [5.74, 6) is -4.81. The fourth-order valence-corrected chi connectivity index (χ4v) is 4.03. The van der Waals surface area contributed by atoms with E-state index in [1.165, 1.54) is 6.92 Å². The Kier molecular flexibility index (Phi) is 14.5. The standard InChI is InChI=1S/C28H44N2O14/c1-13(2)11-19(24(35)29-14(3)25(36)44-28(8,9)10)30-27(37)43-26-23(41-18(7)34)22(40-17(6)33)21(39-16(5)32)20(42-26)12-38-15(4)31/h13-14,19-23,26H,11-12H2,1-10H3,(H,29,35)(H,30,37)/t14-,19-,20+,21-,22-,23+,26-/m0/s1. The first-order valence-electron chi connectivity index (χ1n) is 14.0. The summed E-state index contributed by atoms with van der Waals surface area (Å²) in [6.45, 7) is 13.8. The van der Waals surface area contributed by atoms with Crippen molar-refractivity contribution < 1.29 is 66.7 Å². The normalized spacial score (nSPS) is 22.8. The zero-order valence-electron chi connectivity index (χ0n) is 26.7. The summed E-state index contributed by atoms with van der Waals surface area (Å²) in [6.07, 6.45) is -8.88. The molecule has 0 aromatic rings. The predicted molar refractivity (Wildman–Crippen MR) is 148 cm³/mol. The molecular formula is C28H44N2O14. The molecule has 7 atom stereocenters. The second-order valence-corrected chi connectivity index (χ2v) is 11.6. The SMILES string of the molecule is CC(=O)OC[C@H]1O[C@@H](OC(=O)N[C@@H](CC(C)C)C(=O)N[C@@H](C)C(=O)OC(C)(C)C)[C@H](OC(C)=O)[C@@H](OC(C)=O)[C@H]1OC(C)=O. The molecule has 0 unspecified atom stereocenters. The number of carbonyl (C=O) groups is 7. The third-order valence-electron chi connectivity index (χ3n) is 5.61. The van der Waals surface area contributed by atoms with E-state index in [9.17, 15) is 33.6 Å². The van der Waals surface area contributed by atoms with Crippen molar-refractivity contribution in [2.24, 2.45) is 5.92 Å². The van der Waals surface area contributed by atoms with E-state index < -0.39 is 96.8 Å². The molecule has 0 saturated carbocycles. The predicted octanol–water partition coefficient (Wildman–Crippen LogP) is 1.06. The number of esters is 5. The number of nitrogens with one attached hydrogen (secondary N) is 2. The Balaban J connectivity index is 3.29. The molecule has 1 rings (SSSR count). The zero-order chi connectivity index (χ0) is 33.9. The number of hydrogen-bond acceptors (Lipinski definition) is 14. The maximum Gasteiger partial charge on any atom is 0.410 e. The zero-order valence-corrected chi connectivity index (χ0v) is 26.7. The van der Waals surface area contributed by atoms with Gasteiger partial charge in [0.25, 0.3) is 0 Å². The van der Waals surface area contributed by atoms with Gasteiger partial charge in [-0.1, -0.05) is 13.8 Å². The minimum absolute atomic E-state index is 0.103. The Morgan fingerprint density at radius 1 is 0.727 bits per heavy atom. The van der Waals surface area contributed by atoms with E-state index in [4.69, 9.17) is 33.2 Å². The Labute approximate surface area is 256 Å². The highest BCUT2D eigenvalue weighted by Crippen LogP contribution is 2.30. The quantitative estimate of drug-likeness (QED) is 0.228. The van der Waals surface area contributed by atoms with Gasteiger partial charge in [-0.05, 0) is 40.0 Å². The van der Waals surface area contributed by atoms with E-state index in [2.05, 4.69) is 10.6 Å². The molecule has 44 heavy (non-hydrogen) atoms. The molecule has 0 spiro atoms. The van der Waals surface area contributed by atoms with Crippen molar-refractivity contribution in [2.75, 3.05) is 6.61 Å². The monoisotopic (exact) mass is 632 g/mol. The highest BCUT2D eigenvalue weighted by molar-refractivity contribution is 5.89. The minimum atomic E-state index is -1.79. The van der Waals surface area contributed by atoms with Crippen molar-refractivity contribution in [3.8, 4) is 0 Å². The van der Waals surface area contributed by atoms with Gasteiger partial charge in [-0.25, -0.2) is 9.59 Å². The van der Waals surface area contributed by atoms with Crippen molar-refractivity contribution in [1.82, 2.24) is 10.6 Å². The molecule has 0 aromatic carbocycles. The van der Waals surface area contributed by atoms with Crippen LogP contribution in [0.1, 0.15) is 75.7 Å². The maximum atomic E-state index is 13.1. The van der Waals surface area contributed by atoms with E-state index in [0.29, 0.717) is 0 Å². The summed E-state index contributed by atoms with van der Waals surface area (Å²) in [4.78, 5) is 85.9. The van der Waals surface area contributed by atoms with Crippen molar-refractivity contribution in [3.63, 3.8) is 0 Å². The van der Waals surface area contributed by atoms with Crippen LogP contribution in [0.3, 0.4) is 0 Å². The van der Waals surface area contributed by atoms with Crippen molar-refractivity contribution in [2.45, 2.75) is 124 Å². The number of amides is 2. The molecular weight excluding hydrogens is 588 g/mol. The summed E-state index contributed by atoms with van der Waals surface area (Å²) < 4.78 is 37.2. The second-order valence-electron chi connectivity index (χ2n) is 11.6. The van der Waals surface area contributed by atoms with E-state index in [0.717, 1.165) is 27.7 Å². The maximum absolute atomic E-state index is 13.1. The van der Waals surface area contributed by atoms with Crippen molar-refractivity contribution in [3.05, 3.63) is 0 Å². The van der Waals surface area contributed by atoms with Crippen LogP contribution >= 0.6 is 0 Å². The van der Waals surface area contributed by atoms with Gasteiger partial charge in [0.15, 0.2) is 12.2 Å². The molecule has 16 nitrogen and oxygen atoms in total. The number of hydrogen-bond donors (Lipinski definition) is 2. The van der Waals surface area contributed by atoms with Crippen LogP contribution < -0.4 is 10.6 Å². The first-order chi connectivity index (χ1) is 20.2. The largest absolute Gasteiger partial charge is 0.463 e. The lowest BCUT2D eigenvalue weighted by Gasteiger charge is -2.43. The lowest BCUT2D eigenvalue weighted by molar-refractivity contribution is -0.294. The van der Waals surface area contributed by atoms with E-state index in [1.807, 2.05) is 0 Å². The fraction of sp³-hybridized carbons (Fsp3) is 0.750. The topological polar surface area (TPSA) is 208 Å². The summed E-state index contributed by atoms with van der Waals surface area (Å²) >= 11 is 0. The van der Waals surface area contributed by atoms with Crippen LogP contribution in [0.25, 0.3) is 0 Å². The van der Waals surface area contributed by atoms with Crippen LogP contribution in [0, 0.1) is 5.92 Å². The Morgan fingerprint density at radius 2 is 1.25 bits per heavy atom. The van der Waals surface area contributed by atoms with Crippen molar-refractivity contribution >= 4 is 41.8 Å². The molecule has 2 N–H and O–H groups in total. The molecule has 0 radical (unpaired) electrons. The molecule has 0 bridgehead atoms.